The van der Waals surface area contributed by atoms with Gasteiger partial charge in [-0.15, -0.1) is 11.8 Å². The van der Waals surface area contributed by atoms with Gasteiger partial charge < -0.3 is 15.0 Å². The minimum absolute atomic E-state index is 0.0262. The second-order valence-corrected chi connectivity index (χ2v) is 10.2. The fraction of sp³-hybridized carbons (Fsp3) is 0.259. The van der Waals surface area contributed by atoms with E-state index in [1.54, 1.807) is 12.0 Å². The number of benzene rings is 3. The van der Waals surface area contributed by atoms with Crippen LogP contribution < -0.4 is 10.1 Å². The summed E-state index contributed by atoms with van der Waals surface area (Å²) in [6.45, 7) is 1.01. The highest BCUT2D eigenvalue weighted by atomic mass is 35.5. The summed E-state index contributed by atoms with van der Waals surface area (Å²) in [7, 11) is 1.62. The van der Waals surface area contributed by atoms with Gasteiger partial charge in [0.05, 0.1) is 23.8 Å². The number of pyridine rings is 1. The molecule has 1 aliphatic heterocycles. The molecule has 1 fully saturated rings. The summed E-state index contributed by atoms with van der Waals surface area (Å²) in [5, 5.41) is 5.50. The number of halogens is 3. The van der Waals surface area contributed by atoms with Crippen LogP contribution in [0.25, 0.3) is 21.8 Å². The van der Waals surface area contributed by atoms with Crippen molar-refractivity contribution >= 4 is 56.8 Å². The first-order valence-corrected chi connectivity index (χ1v) is 13.0. The summed E-state index contributed by atoms with van der Waals surface area (Å²) in [5.41, 5.74) is 2.82. The molecule has 2 heterocycles. The van der Waals surface area contributed by atoms with Crippen molar-refractivity contribution in [1.29, 1.82) is 0 Å². The Bertz CT molecular complexity index is 1450. The Hall–Kier alpha value is -3.10. The second-order valence-electron chi connectivity index (χ2n) is 8.54. The Morgan fingerprint density at radius 2 is 1.97 bits per heavy atom. The normalized spacial score (nSPS) is 16.1. The first-order valence-electron chi connectivity index (χ1n) is 11.6. The number of hydrogen-bond acceptors (Lipinski definition) is 5. The first-order chi connectivity index (χ1) is 17.4. The SMILES string of the molecule is COc1ccc2nc3cc(Cl)ccc3c(NCCCN3C(=O)CCSC3c3ccc(F)cc3F)c2c1. The minimum Gasteiger partial charge on any atom is -0.497 e. The molecule has 1 aliphatic rings. The fourth-order valence-corrected chi connectivity index (χ4v) is 5.96. The molecule has 1 N–H and O–H groups in total. The molecule has 4 aromatic rings. The Balaban J connectivity index is 1.37. The van der Waals surface area contributed by atoms with Crippen LogP contribution in [0.5, 0.6) is 5.75 Å². The average Bonchev–Trinajstić information content (AvgIpc) is 2.86. The maximum absolute atomic E-state index is 14.5. The van der Waals surface area contributed by atoms with E-state index in [0.717, 1.165) is 39.3 Å². The van der Waals surface area contributed by atoms with Crippen molar-refractivity contribution in [3.63, 3.8) is 0 Å². The zero-order chi connectivity index (χ0) is 25.2. The summed E-state index contributed by atoms with van der Waals surface area (Å²) in [6.07, 6.45) is 1.03. The van der Waals surface area contributed by atoms with Crippen molar-refractivity contribution in [2.75, 3.05) is 31.3 Å². The van der Waals surface area contributed by atoms with Crippen LogP contribution in [-0.2, 0) is 4.79 Å². The highest BCUT2D eigenvalue weighted by Crippen LogP contribution is 2.39. The summed E-state index contributed by atoms with van der Waals surface area (Å²) in [6, 6.07) is 14.8. The maximum atomic E-state index is 14.5. The van der Waals surface area contributed by atoms with Crippen molar-refractivity contribution in [3.05, 3.63) is 76.8 Å². The molecule has 0 aliphatic carbocycles. The lowest BCUT2D eigenvalue weighted by atomic mass is 10.1. The standard InChI is InChI=1S/C27H24ClF2N3O2S/c1-35-18-5-8-23-21(15-18)26(20-6-3-16(28)13-24(20)32-23)31-10-2-11-33-25(34)9-12-36-27(33)19-7-4-17(29)14-22(19)30/h3-8,13-15,27H,2,9-12H2,1H3,(H,31,32). The molecule has 1 aromatic heterocycles. The molecule has 1 saturated heterocycles. The van der Waals surface area contributed by atoms with E-state index >= 15 is 0 Å². The van der Waals surface area contributed by atoms with Gasteiger partial charge in [0, 0.05) is 52.7 Å². The van der Waals surface area contributed by atoms with Gasteiger partial charge in [-0.3, -0.25) is 4.79 Å². The zero-order valence-corrected chi connectivity index (χ0v) is 21.1. The Morgan fingerprint density at radius 1 is 1.11 bits per heavy atom. The number of hydrogen-bond donors (Lipinski definition) is 1. The molecule has 186 valence electrons. The summed E-state index contributed by atoms with van der Waals surface area (Å²) >= 11 is 7.71. The lowest BCUT2D eigenvalue weighted by Gasteiger charge is -2.35. The van der Waals surface area contributed by atoms with Crippen LogP contribution in [0.1, 0.15) is 23.8 Å². The van der Waals surface area contributed by atoms with Gasteiger partial charge in [0.25, 0.3) is 0 Å². The number of carbonyl (C=O) groups is 1. The summed E-state index contributed by atoms with van der Waals surface area (Å²) in [5.74, 6) is 0.0398. The average molecular weight is 528 g/mol. The number of nitrogens with zero attached hydrogens (tertiary/aromatic N) is 2. The lowest BCUT2D eigenvalue weighted by molar-refractivity contribution is -0.132. The van der Waals surface area contributed by atoms with Crippen LogP contribution >= 0.6 is 23.4 Å². The number of nitrogens with one attached hydrogen (secondary N) is 1. The third-order valence-electron chi connectivity index (χ3n) is 6.24. The Kier molecular flexibility index (Phi) is 7.16. The van der Waals surface area contributed by atoms with E-state index in [2.05, 4.69) is 5.32 Å². The molecular weight excluding hydrogens is 504 g/mol. The number of carbonyl (C=O) groups excluding carboxylic acids is 1. The molecule has 1 amide bonds. The quantitative estimate of drug-likeness (QED) is 0.212. The lowest BCUT2D eigenvalue weighted by Crippen LogP contribution is -2.38. The number of anilines is 1. The highest BCUT2D eigenvalue weighted by Gasteiger charge is 2.31. The van der Waals surface area contributed by atoms with Gasteiger partial charge >= 0.3 is 0 Å². The van der Waals surface area contributed by atoms with E-state index in [1.807, 2.05) is 36.4 Å². The maximum Gasteiger partial charge on any atom is 0.224 e. The van der Waals surface area contributed by atoms with Gasteiger partial charge in [-0.2, -0.15) is 0 Å². The predicted octanol–water partition coefficient (Wildman–Crippen LogP) is 6.79. The highest BCUT2D eigenvalue weighted by molar-refractivity contribution is 7.99. The predicted molar refractivity (Wildman–Crippen MR) is 142 cm³/mol. The van der Waals surface area contributed by atoms with Gasteiger partial charge in [0.2, 0.25) is 5.91 Å². The number of aromatic nitrogens is 1. The van der Waals surface area contributed by atoms with Gasteiger partial charge in [-0.25, -0.2) is 13.8 Å². The molecule has 5 nitrogen and oxygen atoms in total. The van der Waals surface area contributed by atoms with E-state index in [9.17, 15) is 13.6 Å². The smallest absolute Gasteiger partial charge is 0.224 e. The number of ether oxygens (including phenoxy) is 1. The molecule has 1 unspecified atom stereocenters. The second kappa shape index (κ2) is 10.5. The van der Waals surface area contributed by atoms with Crippen LogP contribution in [0, 0.1) is 11.6 Å². The molecule has 0 radical (unpaired) electrons. The van der Waals surface area contributed by atoms with Gasteiger partial charge in [0.15, 0.2) is 0 Å². The molecule has 5 rings (SSSR count). The molecular formula is C27H24ClF2N3O2S. The van der Waals surface area contributed by atoms with Crippen LogP contribution in [-0.4, -0.2) is 41.7 Å². The van der Waals surface area contributed by atoms with E-state index < -0.39 is 17.0 Å². The number of amides is 1. The fourth-order valence-electron chi connectivity index (χ4n) is 4.50. The van der Waals surface area contributed by atoms with Crippen LogP contribution in [0.3, 0.4) is 0 Å². The molecule has 9 heteroatoms. The summed E-state index contributed by atoms with van der Waals surface area (Å²) < 4.78 is 33.4. The molecule has 0 spiro atoms. The van der Waals surface area contributed by atoms with E-state index in [0.29, 0.717) is 42.3 Å². The third kappa shape index (κ3) is 4.92. The molecule has 3 aromatic carbocycles. The van der Waals surface area contributed by atoms with Crippen molar-refractivity contribution in [2.24, 2.45) is 0 Å². The van der Waals surface area contributed by atoms with Crippen molar-refractivity contribution in [2.45, 2.75) is 18.2 Å². The van der Waals surface area contributed by atoms with Gasteiger partial charge in [-0.05, 0) is 48.9 Å². The van der Waals surface area contributed by atoms with E-state index in [1.165, 1.54) is 23.9 Å². The Labute approximate surface area is 216 Å². The monoisotopic (exact) mass is 527 g/mol. The third-order valence-corrected chi connectivity index (χ3v) is 7.74. The van der Waals surface area contributed by atoms with E-state index in [4.69, 9.17) is 21.3 Å². The number of rotatable bonds is 7. The van der Waals surface area contributed by atoms with Crippen molar-refractivity contribution in [3.8, 4) is 5.75 Å². The molecule has 0 saturated carbocycles. The number of thioether (sulfide) groups is 1. The largest absolute Gasteiger partial charge is 0.497 e. The minimum atomic E-state index is -0.632. The van der Waals surface area contributed by atoms with Gasteiger partial charge in [-0.1, -0.05) is 17.7 Å². The Morgan fingerprint density at radius 3 is 2.78 bits per heavy atom. The first kappa shape index (κ1) is 24.6. The van der Waals surface area contributed by atoms with Crippen molar-refractivity contribution < 1.29 is 18.3 Å². The van der Waals surface area contributed by atoms with Crippen LogP contribution in [0.4, 0.5) is 14.5 Å². The number of methoxy groups -OCH3 is 1. The van der Waals surface area contributed by atoms with Crippen molar-refractivity contribution in [1.82, 2.24) is 9.88 Å². The van der Waals surface area contributed by atoms with Crippen LogP contribution in [0.15, 0.2) is 54.6 Å². The number of fused-ring (bicyclic) bond motifs is 2. The zero-order valence-electron chi connectivity index (χ0n) is 19.6. The summed E-state index contributed by atoms with van der Waals surface area (Å²) in [4.78, 5) is 19.2. The molecule has 1 atom stereocenters. The topological polar surface area (TPSA) is 54.5 Å². The van der Waals surface area contributed by atoms with Crippen LogP contribution in [0.2, 0.25) is 5.02 Å². The van der Waals surface area contributed by atoms with E-state index in [-0.39, 0.29) is 5.91 Å². The van der Waals surface area contributed by atoms with Gasteiger partial charge in [0.1, 0.15) is 22.8 Å². The molecule has 36 heavy (non-hydrogen) atoms. The molecule has 0 bridgehead atoms.